The molecule has 0 aliphatic heterocycles. The van der Waals surface area contributed by atoms with Crippen molar-refractivity contribution in [2.24, 2.45) is 11.8 Å². The third-order valence-electron chi connectivity index (χ3n) is 3.46. The lowest BCUT2D eigenvalue weighted by atomic mass is 9.71. The number of carbonyl (C=O) groups is 1. The molecule has 2 nitrogen and oxygen atoms in total. The Morgan fingerprint density at radius 2 is 2.33 bits per heavy atom. The Morgan fingerprint density at radius 3 is 2.93 bits per heavy atom. The van der Waals surface area contributed by atoms with Crippen molar-refractivity contribution in [3.63, 3.8) is 0 Å². The van der Waals surface area contributed by atoms with Gasteiger partial charge in [0, 0.05) is 24.4 Å². The highest BCUT2D eigenvalue weighted by atomic mass is 32.1. The maximum atomic E-state index is 11.5. The second-order valence-electron chi connectivity index (χ2n) is 4.75. The van der Waals surface area contributed by atoms with E-state index in [9.17, 15) is 4.79 Å². The molecule has 1 aliphatic rings. The Labute approximate surface area is 94.9 Å². The molecule has 0 radical (unpaired) electrons. The predicted molar refractivity (Wildman–Crippen MR) is 62.0 cm³/mol. The first-order chi connectivity index (χ1) is 7.18. The number of hydrogen-bond acceptors (Lipinski definition) is 3. The Bertz CT molecular complexity index is 331. The van der Waals surface area contributed by atoms with E-state index < -0.39 is 0 Å². The number of hydrogen-bond donors (Lipinski definition) is 0. The first kappa shape index (κ1) is 10.8. The Balaban J connectivity index is 2.20. The van der Waals surface area contributed by atoms with Gasteiger partial charge in [-0.15, -0.1) is 0 Å². The minimum atomic E-state index is 0.420. The van der Waals surface area contributed by atoms with E-state index >= 15 is 0 Å². The summed E-state index contributed by atoms with van der Waals surface area (Å²) in [5, 5.41) is 2.10. The second kappa shape index (κ2) is 4.44. The van der Waals surface area contributed by atoms with Crippen LogP contribution in [-0.2, 0) is 4.79 Å². The van der Waals surface area contributed by atoms with Gasteiger partial charge >= 0.3 is 0 Å². The number of carbonyl (C=O) groups excluding carboxylic acids is 1. The third kappa shape index (κ3) is 2.28. The minimum Gasteiger partial charge on any atom is -0.300 e. The van der Waals surface area contributed by atoms with Gasteiger partial charge < -0.3 is 0 Å². The van der Waals surface area contributed by atoms with Gasteiger partial charge in [0.15, 0.2) is 0 Å². The van der Waals surface area contributed by atoms with Gasteiger partial charge in [0.05, 0.1) is 0 Å². The van der Waals surface area contributed by atoms with Gasteiger partial charge in [0.2, 0.25) is 0 Å². The molecule has 1 aromatic rings. The van der Waals surface area contributed by atoms with Gasteiger partial charge in [-0.05, 0) is 41.3 Å². The quantitative estimate of drug-likeness (QED) is 0.770. The summed E-state index contributed by atoms with van der Waals surface area (Å²) in [6, 6.07) is 0. The van der Waals surface area contributed by atoms with E-state index in [4.69, 9.17) is 0 Å². The Morgan fingerprint density at radius 1 is 1.53 bits per heavy atom. The largest absolute Gasteiger partial charge is 0.300 e. The van der Waals surface area contributed by atoms with Crippen LogP contribution in [0.4, 0.5) is 0 Å². The van der Waals surface area contributed by atoms with Crippen molar-refractivity contribution in [1.82, 2.24) is 4.37 Å². The van der Waals surface area contributed by atoms with Crippen molar-refractivity contribution in [2.45, 2.75) is 39.0 Å². The fraction of sp³-hybridized carbons (Fsp3) is 0.667. The third-order valence-corrected chi connectivity index (χ3v) is 4.06. The van der Waals surface area contributed by atoms with E-state index in [1.807, 2.05) is 6.20 Å². The van der Waals surface area contributed by atoms with E-state index in [2.05, 4.69) is 23.6 Å². The maximum absolute atomic E-state index is 11.5. The molecule has 2 atom stereocenters. The molecule has 15 heavy (non-hydrogen) atoms. The molecule has 0 N–H and O–H groups in total. The van der Waals surface area contributed by atoms with Crippen LogP contribution in [-0.4, -0.2) is 10.2 Å². The van der Waals surface area contributed by atoms with E-state index in [0.717, 1.165) is 19.3 Å². The summed E-state index contributed by atoms with van der Waals surface area (Å²) < 4.78 is 4.15. The molecule has 1 aliphatic carbocycles. The lowest BCUT2D eigenvalue weighted by molar-refractivity contribution is -0.121. The van der Waals surface area contributed by atoms with Crippen molar-refractivity contribution < 1.29 is 4.79 Å². The summed E-state index contributed by atoms with van der Waals surface area (Å²) in [5.74, 6) is 2.15. The van der Waals surface area contributed by atoms with Crippen LogP contribution >= 0.6 is 11.5 Å². The van der Waals surface area contributed by atoms with E-state index in [1.54, 1.807) is 0 Å². The second-order valence-corrected chi connectivity index (χ2v) is 5.41. The highest BCUT2D eigenvalue weighted by Crippen LogP contribution is 2.40. The lowest BCUT2D eigenvalue weighted by Crippen LogP contribution is -2.26. The molecule has 2 rings (SSSR count). The molecule has 1 aromatic heterocycles. The zero-order chi connectivity index (χ0) is 10.8. The average Bonchev–Trinajstić information content (AvgIpc) is 2.69. The predicted octanol–water partition coefficient (Wildman–Crippen LogP) is 3.25. The molecular formula is C12H17NOS. The van der Waals surface area contributed by atoms with Crippen LogP contribution in [0, 0.1) is 11.8 Å². The van der Waals surface area contributed by atoms with Gasteiger partial charge in [-0.2, -0.15) is 0 Å². The summed E-state index contributed by atoms with van der Waals surface area (Å²) in [7, 11) is 0. The topological polar surface area (TPSA) is 30.0 Å². The summed E-state index contributed by atoms with van der Waals surface area (Å²) in [4.78, 5) is 11.5. The number of ketones is 1. The van der Waals surface area contributed by atoms with E-state index in [0.29, 0.717) is 23.5 Å². The average molecular weight is 223 g/mol. The maximum Gasteiger partial charge on any atom is 0.133 e. The fourth-order valence-corrected chi connectivity index (χ4v) is 3.19. The van der Waals surface area contributed by atoms with Crippen LogP contribution in [0.15, 0.2) is 11.6 Å². The molecular weight excluding hydrogens is 206 g/mol. The molecule has 0 spiro atoms. The minimum absolute atomic E-state index is 0.420. The van der Waals surface area contributed by atoms with Crippen LogP contribution in [0.3, 0.4) is 0 Å². The van der Waals surface area contributed by atoms with Crippen LogP contribution in [0.1, 0.15) is 44.6 Å². The molecule has 0 saturated heterocycles. The van der Waals surface area contributed by atoms with Gasteiger partial charge in [-0.3, -0.25) is 4.79 Å². The molecule has 0 amide bonds. The van der Waals surface area contributed by atoms with E-state index in [-0.39, 0.29) is 0 Å². The van der Waals surface area contributed by atoms with Crippen LogP contribution in [0.2, 0.25) is 0 Å². The first-order valence-corrected chi connectivity index (χ1v) is 6.43. The molecule has 2 unspecified atom stereocenters. The van der Waals surface area contributed by atoms with Crippen LogP contribution in [0.5, 0.6) is 0 Å². The highest BCUT2D eigenvalue weighted by molar-refractivity contribution is 7.03. The molecule has 82 valence electrons. The van der Waals surface area contributed by atoms with Crippen LogP contribution < -0.4 is 0 Å². The Hall–Kier alpha value is -0.700. The smallest absolute Gasteiger partial charge is 0.133 e. The molecule has 0 bridgehead atoms. The normalized spacial score (nSPS) is 27.3. The summed E-state index contributed by atoms with van der Waals surface area (Å²) in [6.07, 6.45) is 4.48. The standard InChI is InChI=1S/C12H17NOS/c1-8(2)11-4-3-10(14)5-12(11)9-6-13-15-7-9/h6-8,11-12H,3-5H2,1-2H3. The molecule has 1 fully saturated rings. The lowest BCUT2D eigenvalue weighted by Gasteiger charge is -2.33. The summed E-state index contributed by atoms with van der Waals surface area (Å²) >= 11 is 1.49. The monoisotopic (exact) mass is 223 g/mol. The molecule has 0 aromatic carbocycles. The number of Topliss-reactive ketones (excluding diaryl/α,β-unsaturated/α-hetero) is 1. The molecule has 1 heterocycles. The zero-order valence-electron chi connectivity index (χ0n) is 9.27. The van der Waals surface area contributed by atoms with Gasteiger partial charge in [-0.1, -0.05) is 13.8 Å². The highest BCUT2D eigenvalue weighted by Gasteiger charge is 2.32. The van der Waals surface area contributed by atoms with Crippen LogP contribution in [0.25, 0.3) is 0 Å². The molecule has 1 saturated carbocycles. The number of aromatic nitrogens is 1. The fourth-order valence-electron chi connectivity index (χ4n) is 2.59. The zero-order valence-corrected chi connectivity index (χ0v) is 10.1. The van der Waals surface area contributed by atoms with Gasteiger partial charge in [0.1, 0.15) is 5.78 Å². The SMILES string of the molecule is CC(C)C1CCC(=O)CC1c1cnsc1. The number of nitrogens with zero attached hydrogens (tertiary/aromatic N) is 1. The van der Waals surface area contributed by atoms with Gasteiger partial charge in [0.25, 0.3) is 0 Å². The van der Waals surface area contributed by atoms with Crippen molar-refractivity contribution >= 4 is 17.3 Å². The Kier molecular flexibility index (Phi) is 3.19. The molecule has 3 heteroatoms. The van der Waals surface area contributed by atoms with Crippen molar-refractivity contribution in [3.05, 3.63) is 17.1 Å². The summed E-state index contributed by atoms with van der Waals surface area (Å²) in [5.41, 5.74) is 1.27. The number of rotatable bonds is 2. The summed E-state index contributed by atoms with van der Waals surface area (Å²) in [6.45, 7) is 4.51. The van der Waals surface area contributed by atoms with Crippen molar-refractivity contribution in [3.8, 4) is 0 Å². The van der Waals surface area contributed by atoms with Gasteiger partial charge in [-0.25, -0.2) is 4.37 Å². The van der Waals surface area contributed by atoms with Crippen molar-refractivity contribution in [1.29, 1.82) is 0 Å². The van der Waals surface area contributed by atoms with E-state index in [1.165, 1.54) is 17.1 Å². The first-order valence-electron chi connectivity index (χ1n) is 5.59. The van der Waals surface area contributed by atoms with Crippen molar-refractivity contribution in [2.75, 3.05) is 0 Å².